The van der Waals surface area contributed by atoms with Crippen molar-refractivity contribution in [3.05, 3.63) is 63.9 Å². The molecular weight excluding hydrogens is 602 g/mol. The number of rotatable bonds is 10. The third kappa shape index (κ3) is 7.54. The SMILES string of the molecule is CCOC(=O)COc1c(C(=O)OC)sc(-c2cccc(OCC3CCN(C(=O)Oc4ccccc4)CC3)c2)c1Br. The summed E-state index contributed by atoms with van der Waals surface area (Å²) in [6, 6.07) is 16.6. The molecule has 0 radical (unpaired) electrons. The lowest BCUT2D eigenvalue weighted by Gasteiger charge is -2.31. The normalized spacial score (nSPS) is 13.4. The van der Waals surface area contributed by atoms with Gasteiger partial charge in [-0.05, 0) is 71.4 Å². The molecule has 0 N–H and O–H groups in total. The van der Waals surface area contributed by atoms with Crippen LogP contribution in [0, 0.1) is 5.92 Å². The number of ether oxygens (including phenoxy) is 5. The van der Waals surface area contributed by atoms with Gasteiger partial charge in [0, 0.05) is 13.1 Å². The van der Waals surface area contributed by atoms with Crippen molar-refractivity contribution in [2.24, 2.45) is 5.92 Å². The van der Waals surface area contributed by atoms with Crippen LogP contribution < -0.4 is 14.2 Å². The minimum absolute atomic E-state index is 0.226. The highest BCUT2D eigenvalue weighted by Gasteiger charge is 2.27. The maximum Gasteiger partial charge on any atom is 0.415 e. The van der Waals surface area contributed by atoms with Gasteiger partial charge in [-0.1, -0.05) is 30.3 Å². The zero-order valence-electron chi connectivity index (χ0n) is 22.2. The van der Waals surface area contributed by atoms with E-state index in [0.29, 0.717) is 41.6 Å². The fourth-order valence-corrected chi connectivity index (χ4v) is 6.12. The fourth-order valence-electron chi connectivity index (χ4n) is 4.15. The van der Waals surface area contributed by atoms with Gasteiger partial charge in [0.1, 0.15) is 11.5 Å². The van der Waals surface area contributed by atoms with E-state index in [1.165, 1.54) is 18.4 Å². The topological polar surface area (TPSA) is 101 Å². The first-order valence-electron chi connectivity index (χ1n) is 12.8. The van der Waals surface area contributed by atoms with Crippen molar-refractivity contribution in [2.75, 3.05) is 40.0 Å². The van der Waals surface area contributed by atoms with Gasteiger partial charge in [-0.15, -0.1) is 11.3 Å². The van der Waals surface area contributed by atoms with Crippen LogP contribution in [0.1, 0.15) is 29.4 Å². The van der Waals surface area contributed by atoms with Gasteiger partial charge in [0.25, 0.3) is 0 Å². The average Bonchev–Trinajstić information content (AvgIpc) is 3.31. The number of thiophene rings is 1. The van der Waals surface area contributed by atoms with E-state index in [9.17, 15) is 14.4 Å². The summed E-state index contributed by atoms with van der Waals surface area (Å²) in [4.78, 5) is 39.4. The second kappa shape index (κ2) is 14.2. The van der Waals surface area contributed by atoms with Crippen LogP contribution in [0.15, 0.2) is 59.1 Å². The quantitative estimate of drug-likeness (QED) is 0.244. The summed E-state index contributed by atoms with van der Waals surface area (Å²) in [5.74, 6) is 0.633. The van der Waals surface area contributed by atoms with Gasteiger partial charge in [-0.25, -0.2) is 14.4 Å². The second-order valence-electron chi connectivity index (χ2n) is 8.94. The largest absolute Gasteiger partial charge is 0.493 e. The van der Waals surface area contributed by atoms with Crippen molar-refractivity contribution >= 4 is 45.3 Å². The molecule has 4 rings (SSSR count). The molecule has 1 amide bonds. The molecule has 1 aromatic heterocycles. The van der Waals surface area contributed by atoms with Gasteiger partial charge < -0.3 is 28.6 Å². The number of methoxy groups -OCH3 is 1. The Labute approximate surface area is 245 Å². The number of benzene rings is 2. The van der Waals surface area contributed by atoms with Crippen LogP contribution >= 0.6 is 27.3 Å². The Bertz CT molecular complexity index is 1320. The summed E-state index contributed by atoms with van der Waals surface area (Å²) >= 11 is 4.72. The number of piperidine rings is 1. The van der Waals surface area contributed by atoms with Crippen LogP contribution in [-0.4, -0.2) is 63.0 Å². The van der Waals surface area contributed by atoms with Crippen molar-refractivity contribution in [1.82, 2.24) is 4.90 Å². The molecule has 1 fully saturated rings. The summed E-state index contributed by atoms with van der Waals surface area (Å²) < 4.78 is 27.6. The molecule has 0 bridgehead atoms. The standard InChI is InChI=1S/C29H30BrNO8S/c1-3-36-23(32)18-38-25-24(30)26(40-27(25)28(33)35-2)20-8-7-11-22(16-20)37-17-19-12-14-31(15-13-19)29(34)39-21-9-5-4-6-10-21/h4-11,16,19H,3,12-15,17-18H2,1-2H3. The second-order valence-corrected chi connectivity index (χ2v) is 10.8. The third-order valence-corrected chi connectivity index (χ3v) is 8.44. The summed E-state index contributed by atoms with van der Waals surface area (Å²) in [5.41, 5.74) is 0.809. The lowest BCUT2D eigenvalue weighted by atomic mass is 9.98. The Balaban J connectivity index is 1.37. The maximum absolute atomic E-state index is 12.5. The third-order valence-electron chi connectivity index (χ3n) is 6.22. The van der Waals surface area contributed by atoms with E-state index in [0.717, 1.165) is 23.3 Å². The van der Waals surface area contributed by atoms with Crippen molar-refractivity contribution in [3.63, 3.8) is 0 Å². The molecule has 0 atom stereocenters. The molecule has 3 aromatic rings. The van der Waals surface area contributed by atoms with Gasteiger partial charge in [0.05, 0.1) is 29.7 Å². The van der Waals surface area contributed by atoms with Crippen molar-refractivity contribution in [3.8, 4) is 27.7 Å². The Kier molecular flexibility index (Phi) is 10.4. The first-order chi connectivity index (χ1) is 19.4. The number of hydrogen-bond donors (Lipinski definition) is 0. The Morgan fingerprint density at radius 2 is 1.73 bits per heavy atom. The van der Waals surface area contributed by atoms with Crippen molar-refractivity contribution in [1.29, 1.82) is 0 Å². The highest BCUT2D eigenvalue weighted by atomic mass is 79.9. The predicted molar refractivity (Wildman–Crippen MR) is 153 cm³/mol. The van der Waals surface area contributed by atoms with Gasteiger partial charge in [-0.3, -0.25) is 0 Å². The van der Waals surface area contributed by atoms with E-state index in [2.05, 4.69) is 15.9 Å². The Morgan fingerprint density at radius 3 is 2.42 bits per heavy atom. The molecule has 1 aliphatic heterocycles. The first kappa shape index (κ1) is 29.4. The predicted octanol–water partition coefficient (Wildman–Crippen LogP) is 6.20. The van der Waals surface area contributed by atoms with E-state index < -0.39 is 11.9 Å². The number of para-hydroxylation sites is 1. The van der Waals surface area contributed by atoms with E-state index in [1.807, 2.05) is 42.5 Å². The minimum atomic E-state index is -0.567. The molecule has 11 heteroatoms. The van der Waals surface area contributed by atoms with Crippen molar-refractivity contribution < 1.29 is 38.1 Å². The van der Waals surface area contributed by atoms with E-state index >= 15 is 0 Å². The van der Waals surface area contributed by atoms with Crippen LogP contribution in [-0.2, 0) is 14.3 Å². The van der Waals surface area contributed by atoms with E-state index in [-0.39, 0.29) is 29.9 Å². The summed E-state index contributed by atoms with van der Waals surface area (Å²) in [6.07, 6.45) is 1.28. The number of carbonyl (C=O) groups excluding carboxylic acids is 3. The summed E-state index contributed by atoms with van der Waals surface area (Å²) in [5, 5.41) is 0. The number of amides is 1. The molecule has 0 spiro atoms. The molecule has 2 aromatic carbocycles. The first-order valence-corrected chi connectivity index (χ1v) is 14.4. The van der Waals surface area contributed by atoms with Crippen LogP contribution in [0.5, 0.6) is 17.2 Å². The molecule has 1 aliphatic rings. The molecule has 9 nitrogen and oxygen atoms in total. The molecule has 0 aliphatic carbocycles. The molecule has 0 unspecified atom stereocenters. The number of esters is 2. The van der Waals surface area contributed by atoms with Gasteiger partial charge in [0.2, 0.25) is 0 Å². The van der Waals surface area contributed by atoms with Gasteiger partial charge in [-0.2, -0.15) is 0 Å². The number of likely N-dealkylation sites (tertiary alicyclic amines) is 1. The molecule has 40 heavy (non-hydrogen) atoms. The minimum Gasteiger partial charge on any atom is -0.493 e. The van der Waals surface area contributed by atoms with Crippen LogP contribution in [0.3, 0.4) is 0 Å². The zero-order chi connectivity index (χ0) is 28.5. The van der Waals surface area contributed by atoms with Crippen molar-refractivity contribution in [2.45, 2.75) is 19.8 Å². The lowest BCUT2D eigenvalue weighted by Crippen LogP contribution is -2.41. The number of halogens is 1. The molecule has 1 saturated heterocycles. The average molecular weight is 633 g/mol. The zero-order valence-corrected chi connectivity index (χ0v) is 24.6. The molecule has 212 valence electrons. The van der Waals surface area contributed by atoms with E-state index in [4.69, 9.17) is 23.7 Å². The molecular formula is C29H30BrNO8S. The van der Waals surface area contributed by atoms with Crippen LogP contribution in [0.25, 0.3) is 10.4 Å². The fraction of sp³-hybridized carbons (Fsp3) is 0.345. The van der Waals surface area contributed by atoms with Gasteiger partial charge >= 0.3 is 18.0 Å². The molecule has 2 heterocycles. The monoisotopic (exact) mass is 631 g/mol. The highest BCUT2D eigenvalue weighted by molar-refractivity contribution is 9.10. The summed E-state index contributed by atoms with van der Waals surface area (Å²) in [6.45, 7) is 3.32. The Hall–Kier alpha value is -3.57. The van der Waals surface area contributed by atoms with Crippen LogP contribution in [0.4, 0.5) is 4.79 Å². The number of nitrogens with zero attached hydrogens (tertiary/aromatic N) is 1. The Morgan fingerprint density at radius 1 is 1.00 bits per heavy atom. The smallest absolute Gasteiger partial charge is 0.415 e. The lowest BCUT2D eigenvalue weighted by molar-refractivity contribution is -0.145. The molecule has 0 saturated carbocycles. The highest BCUT2D eigenvalue weighted by Crippen LogP contribution is 2.46. The van der Waals surface area contributed by atoms with Crippen LogP contribution in [0.2, 0.25) is 0 Å². The maximum atomic E-state index is 12.5. The number of carbonyl (C=O) groups is 3. The number of hydrogen-bond acceptors (Lipinski definition) is 9. The van der Waals surface area contributed by atoms with Gasteiger partial charge in [0.15, 0.2) is 17.2 Å². The van der Waals surface area contributed by atoms with E-state index in [1.54, 1.807) is 24.0 Å². The summed E-state index contributed by atoms with van der Waals surface area (Å²) in [7, 11) is 1.29.